The van der Waals surface area contributed by atoms with Gasteiger partial charge in [0.1, 0.15) is 0 Å². The molecule has 1 rings (SSSR count). The number of hydrogen-bond acceptors (Lipinski definition) is 4. The molecule has 122 valence electrons. The summed E-state index contributed by atoms with van der Waals surface area (Å²) in [5.41, 5.74) is 4.90. The SMILES string of the molecule is CC(C)CN1CCOC(CNC(=O)C(C)(C)N)C1.Cl.Cl. The average molecular weight is 330 g/mol. The molecule has 0 radical (unpaired) electrons. The Hall–Kier alpha value is -0.0700. The summed E-state index contributed by atoms with van der Waals surface area (Å²) in [4.78, 5) is 14.0. The Kier molecular flexibility index (Phi) is 10.9. The van der Waals surface area contributed by atoms with Crippen LogP contribution in [0.4, 0.5) is 0 Å². The van der Waals surface area contributed by atoms with Crippen LogP contribution in [0.15, 0.2) is 0 Å². The molecule has 0 aliphatic carbocycles. The van der Waals surface area contributed by atoms with E-state index in [4.69, 9.17) is 10.5 Å². The molecule has 5 nitrogen and oxygen atoms in total. The first-order valence-corrected chi connectivity index (χ1v) is 6.70. The second-order valence-corrected chi connectivity index (χ2v) is 6.08. The number of nitrogens with zero attached hydrogens (tertiary/aromatic N) is 1. The maximum Gasteiger partial charge on any atom is 0.239 e. The third kappa shape index (κ3) is 8.27. The summed E-state index contributed by atoms with van der Waals surface area (Å²) in [7, 11) is 0. The number of carbonyl (C=O) groups excluding carboxylic acids is 1. The number of amides is 1. The van der Waals surface area contributed by atoms with Crippen LogP contribution in [-0.4, -0.2) is 55.2 Å². The van der Waals surface area contributed by atoms with Crippen LogP contribution in [0.3, 0.4) is 0 Å². The van der Waals surface area contributed by atoms with Crippen LogP contribution < -0.4 is 11.1 Å². The number of nitrogens with two attached hydrogens (primary N) is 1. The van der Waals surface area contributed by atoms with E-state index >= 15 is 0 Å². The summed E-state index contributed by atoms with van der Waals surface area (Å²) in [6, 6.07) is 0. The van der Waals surface area contributed by atoms with Crippen molar-refractivity contribution in [3.05, 3.63) is 0 Å². The molecular formula is C13H29Cl2N3O2. The Morgan fingerprint density at radius 1 is 1.45 bits per heavy atom. The summed E-state index contributed by atoms with van der Waals surface area (Å²) in [6.45, 7) is 12.0. The monoisotopic (exact) mass is 329 g/mol. The highest BCUT2D eigenvalue weighted by Gasteiger charge is 2.25. The lowest BCUT2D eigenvalue weighted by Gasteiger charge is -2.34. The average Bonchev–Trinajstić information content (AvgIpc) is 2.24. The number of halogens is 2. The second kappa shape index (κ2) is 9.79. The fourth-order valence-corrected chi connectivity index (χ4v) is 2.02. The molecule has 0 aromatic rings. The Morgan fingerprint density at radius 2 is 2.05 bits per heavy atom. The van der Waals surface area contributed by atoms with Crippen molar-refractivity contribution < 1.29 is 9.53 Å². The van der Waals surface area contributed by atoms with Crippen molar-refractivity contribution in [2.24, 2.45) is 11.7 Å². The van der Waals surface area contributed by atoms with Crippen molar-refractivity contribution in [1.82, 2.24) is 10.2 Å². The number of hydrogen-bond donors (Lipinski definition) is 2. The smallest absolute Gasteiger partial charge is 0.239 e. The van der Waals surface area contributed by atoms with Crippen LogP contribution in [0.5, 0.6) is 0 Å². The predicted octanol–water partition coefficient (Wildman–Crippen LogP) is 1.04. The molecule has 1 saturated heterocycles. The topological polar surface area (TPSA) is 67.6 Å². The van der Waals surface area contributed by atoms with E-state index in [-0.39, 0.29) is 36.8 Å². The molecule has 1 unspecified atom stereocenters. The van der Waals surface area contributed by atoms with E-state index in [1.165, 1.54) is 0 Å². The highest BCUT2D eigenvalue weighted by Crippen LogP contribution is 2.07. The number of carbonyl (C=O) groups is 1. The molecule has 1 amide bonds. The molecule has 1 heterocycles. The van der Waals surface area contributed by atoms with Crippen LogP contribution >= 0.6 is 24.8 Å². The first kappa shape index (κ1) is 22.2. The van der Waals surface area contributed by atoms with Crippen molar-refractivity contribution in [1.29, 1.82) is 0 Å². The van der Waals surface area contributed by atoms with Crippen LogP contribution in [0.2, 0.25) is 0 Å². The highest BCUT2D eigenvalue weighted by molar-refractivity contribution is 5.85. The number of ether oxygens (including phenoxy) is 1. The Morgan fingerprint density at radius 3 is 2.55 bits per heavy atom. The van der Waals surface area contributed by atoms with Gasteiger partial charge in [-0.1, -0.05) is 13.8 Å². The zero-order valence-electron chi connectivity index (χ0n) is 12.8. The first-order chi connectivity index (χ1) is 8.29. The molecule has 1 aliphatic heterocycles. The van der Waals surface area contributed by atoms with Gasteiger partial charge in [-0.25, -0.2) is 0 Å². The zero-order valence-corrected chi connectivity index (χ0v) is 14.5. The zero-order chi connectivity index (χ0) is 13.8. The van der Waals surface area contributed by atoms with Crippen molar-refractivity contribution in [3.63, 3.8) is 0 Å². The van der Waals surface area contributed by atoms with Gasteiger partial charge in [-0.15, -0.1) is 24.8 Å². The summed E-state index contributed by atoms with van der Waals surface area (Å²) in [6.07, 6.45) is 0.0730. The molecule has 1 aliphatic rings. The van der Waals surface area contributed by atoms with E-state index < -0.39 is 5.54 Å². The van der Waals surface area contributed by atoms with Gasteiger partial charge in [0, 0.05) is 26.2 Å². The number of nitrogens with one attached hydrogen (secondary N) is 1. The van der Waals surface area contributed by atoms with Crippen molar-refractivity contribution >= 4 is 30.7 Å². The lowest BCUT2D eigenvalue weighted by atomic mass is 10.1. The van der Waals surface area contributed by atoms with Crippen molar-refractivity contribution in [2.45, 2.75) is 39.3 Å². The lowest BCUT2D eigenvalue weighted by Crippen LogP contribution is -2.53. The normalized spacial score (nSPS) is 20.0. The first-order valence-electron chi connectivity index (χ1n) is 6.70. The van der Waals surface area contributed by atoms with E-state index in [1.807, 2.05) is 0 Å². The third-order valence-corrected chi connectivity index (χ3v) is 2.92. The minimum atomic E-state index is -0.827. The second-order valence-electron chi connectivity index (χ2n) is 6.08. The van der Waals surface area contributed by atoms with Gasteiger partial charge < -0.3 is 15.8 Å². The molecule has 0 saturated carbocycles. The van der Waals surface area contributed by atoms with Crippen LogP contribution in [-0.2, 0) is 9.53 Å². The molecule has 0 aromatic heterocycles. The summed E-state index contributed by atoms with van der Waals surface area (Å²) in [5, 5.41) is 2.85. The standard InChI is InChI=1S/C13H27N3O2.2ClH/c1-10(2)8-16-5-6-18-11(9-16)7-15-12(17)13(3,4)14;;/h10-11H,5-9,14H2,1-4H3,(H,15,17);2*1H. The lowest BCUT2D eigenvalue weighted by molar-refractivity contribution is -0.126. The van der Waals surface area contributed by atoms with Crippen LogP contribution in [0.25, 0.3) is 0 Å². The molecule has 7 heteroatoms. The van der Waals surface area contributed by atoms with Gasteiger partial charge in [-0.2, -0.15) is 0 Å². The maximum atomic E-state index is 11.7. The number of rotatable bonds is 5. The molecule has 0 spiro atoms. The quantitative estimate of drug-likeness (QED) is 0.790. The Balaban J connectivity index is 0. The van der Waals surface area contributed by atoms with Gasteiger partial charge in [0.05, 0.1) is 18.2 Å². The minimum Gasteiger partial charge on any atom is -0.374 e. The molecular weight excluding hydrogens is 301 g/mol. The van der Waals surface area contributed by atoms with Crippen LogP contribution in [0.1, 0.15) is 27.7 Å². The fourth-order valence-electron chi connectivity index (χ4n) is 2.02. The van der Waals surface area contributed by atoms with E-state index in [9.17, 15) is 4.79 Å². The summed E-state index contributed by atoms with van der Waals surface area (Å²) < 4.78 is 5.66. The molecule has 20 heavy (non-hydrogen) atoms. The summed E-state index contributed by atoms with van der Waals surface area (Å²) in [5.74, 6) is 0.522. The third-order valence-electron chi connectivity index (χ3n) is 2.92. The molecule has 1 fully saturated rings. The van der Waals surface area contributed by atoms with E-state index in [2.05, 4.69) is 24.1 Å². The van der Waals surface area contributed by atoms with Gasteiger partial charge in [0.2, 0.25) is 5.91 Å². The highest BCUT2D eigenvalue weighted by atomic mass is 35.5. The van der Waals surface area contributed by atoms with Gasteiger partial charge in [0.15, 0.2) is 0 Å². The molecule has 0 aromatic carbocycles. The van der Waals surface area contributed by atoms with Crippen molar-refractivity contribution in [2.75, 3.05) is 32.8 Å². The molecule has 1 atom stereocenters. The molecule has 3 N–H and O–H groups in total. The van der Waals surface area contributed by atoms with E-state index in [0.717, 1.165) is 26.2 Å². The van der Waals surface area contributed by atoms with Gasteiger partial charge in [-0.3, -0.25) is 9.69 Å². The van der Waals surface area contributed by atoms with Crippen molar-refractivity contribution in [3.8, 4) is 0 Å². The largest absolute Gasteiger partial charge is 0.374 e. The summed E-state index contributed by atoms with van der Waals surface area (Å²) >= 11 is 0. The number of morpholine rings is 1. The molecule has 0 bridgehead atoms. The predicted molar refractivity (Wildman–Crippen MR) is 86.8 cm³/mol. The van der Waals surface area contributed by atoms with Gasteiger partial charge >= 0.3 is 0 Å². The van der Waals surface area contributed by atoms with E-state index in [0.29, 0.717) is 12.5 Å². The Bertz CT molecular complexity index is 283. The van der Waals surface area contributed by atoms with Gasteiger partial charge in [-0.05, 0) is 19.8 Å². The fraction of sp³-hybridized carbons (Fsp3) is 0.923. The van der Waals surface area contributed by atoms with E-state index in [1.54, 1.807) is 13.8 Å². The van der Waals surface area contributed by atoms with Gasteiger partial charge in [0.25, 0.3) is 0 Å². The Labute approximate surface area is 134 Å². The minimum absolute atomic E-state index is 0. The van der Waals surface area contributed by atoms with Crippen LogP contribution in [0, 0.1) is 5.92 Å². The maximum absolute atomic E-state index is 11.7.